The molecule has 0 unspecified atom stereocenters. The third kappa shape index (κ3) is 2.20. The molecule has 13 heavy (non-hydrogen) atoms. The molecular weight excluding hydrogens is 165 g/mol. The summed E-state index contributed by atoms with van der Waals surface area (Å²) in [6.07, 6.45) is 0. The van der Waals surface area contributed by atoms with Gasteiger partial charge in [0.05, 0.1) is 0 Å². The largest absolute Gasteiger partial charge is 0.372 e. The smallest absolute Gasteiger partial charge is 0.128 e. The Morgan fingerprint density at radius 2 is 1.85 bits per heavy atom. The third-order valence-corrected chi connectivity index (χ3v) is 2.28. The van der Waals surface area contributed by atoms with Gasteiger partial charge < -0.3 is 4.90 Å². The van der Waals surface area contributed by atoms with E-state index >= 15 is 0 Å². The number of benzene rings is 1. The van der Waals surface area contributed by atoms with Crippen LogP contribution in [0.2, 0.25) is 0 Å². The molecule has 0 aliphatic heterocycles. The Bertz CT molecular complexity index is 279. The van der Waals surface area contributed by atoms with Crippen molar-refractivity contribution in [3.05, 3.63) is 29.6 Å². The van der Waals surface area contributed by atoms with E-state index < -0.39 is 0 Å². The van der Waals surface area contributed by atoms with Crippen LogP contribution in [-0.2, 0) is 0 Å². The highest BCUT2D eigenvalue weighted by atomic mass is 19.1. The third-order valence-electron chi connectivity index (χ3n) is 2.28. The molecule has 0 aliphatic carbocycles. The van der Waals surface area contributed by atoms with Crippen LogP contribution in [0.3, 0.4) is 0 Å². The quantitative estimate of drug-likeness (QED) is 0.693. The summed E-state index contributed by atoms with van der Waals surface area (Å²) in [5.41, 5.74) is 1.67. The number of aryl methyl sites for hydroxylation is 1. The fourth-order valence-corrected chi connectivity index (χ4v) is 1.37. The molecule has 0 bridgehead atoms. The summed E-state index contributed by atoms with van der Waals surface area (Å²) in [6.45, 7) is 7.75. The zero-order chi connectivity index (χ0) is 9.84. The van der Waals surface area contributed by atoms with Crippen LogP contribution in [0, 0.1) is 12.7 Å². The molecular formula is C11H16FN. The predicted octanol–water partition coefficient (Wildman–Crippen LogP) is 2.98. The first-order chi connectivity index (χ1) is 6.19. The fraction of sp³-hybridized carbons (Fsp3) is 0.455. The Labute approximate surface area is 79.2 Å². The lowest BCUT2D eigenvalue weighted by molar-refractivity contribution is 0.617. The van der Waals surface area contributed by atoms with Gasteiger partial charge in [-0.2, -0.15) is 0 Å². The van der Waals surface area contributed by atoms with Gasteiger partial charge in [-0.05, 0) is 38.5 Å². The van der Waals surface area contributed by atoms with Crippen LogP contribution in [0.1, 0.15) is 19.4 Å². The van der Waals surface area contributed by atoms with Gasteiger partial charge in [0.15, 0.2) is 0 Å². The molecule has 0 radical (unpaired) electrons. The van der Waals surface area contributed by atoms with Crippen molar-refractivity contribution in [3.8, 4) is 0 Å². The topological polar surface area (TPSA) is 3.24 Å². The molecule has 0 saturated carbocycles. The number of hydrogen-bond donors (Lipinski definition) is 0. The zero-order valence-corrected chi connectivity index (χ0v) is 8.47. The molecule has 0 aliphatic rings. The van der Waals surface area contributed by atoms with Crippen LogP contribution in [0.25, 0.3) is 0 Å². The summed E-state index contributed by atoms with van der Waals surface area (Å²) in [6, 6.07) is 5.39. The van der Waals surface area contributed by atoms with Gasteiger partial charge in [0.2, 0.25) is 0 Å². The average Bonchev–Trinajstić information content (AvgIpc) is 2.13. The van der Waals surface area contributed by atoms with Gasteiger partial charge in [0, 0.05) is 18.8 Å². The van der Waals surface area contributed by atoms with E-state index in [0.29, 0.717) is 5.56 Å². The maximum Gasteiger partial charge on any atom is 0.128 e. The van der Waals surface area contributed by atoms with Crippen molar-refractivity contribution >= 4 is 5.69 Å². The van der Waals surface area contributed by atoms with Crippen molar-refractivity contribution in [3.63, 3.8) is 0 Å². The van der Waals surface area contributed by atoms with E-state index in [1.54, 1.807) is 13.0 Å². The molecule has 0 spiro atoms. The molecule has 0 atom stereocenters. The van der Waals surface area contributed by atoms with Gasteiger partial charge >= 0.3 is 0 Å². The van der Waals surface area contributed by atoms with Crippen LogP contribution in [-0.4, -0.2) is 13.1 Å². The maximum atomic E-state index is 13.2. The lowest BCUT2D eigenvalue weighted by Crippen LogP contribution is -2.21. The Morgan fingerprint density at radius 1 is 1.23 bits per heavy atom. The first-order valence-electron chi connectivity index (χ1n) is 4.70. The highest BCUT2D eigenvalue weighted by molar-refractivity contribution is 5.47. The summed E-state index contributed by atoms with van der Waals surface area (Å²) in [7, 11) is 0. The number of anilines is 1. The van der Waals surface area contributed by atoms with E-state index in [0.717, 1.165) is 18.8 Å². The van der Waals surface area contributed by atoms with Crippen molar-refractivity contribution in [2.45, 2.75) is 20.8 Å². The second-order valence-electron chi connectivity index (χ2n) is 3.11. The molecule has 0 N–H and O–H groups in total. The van der Waals surface area contributed by atoms with Crippen molar-refractivity contribution in [1.29, 1.82) is 0 Å². The molecule has 0 heterocycles. The Kier molecular flexibility index (Phi) is 3.29. The second-order valence-corrected chi connectivity index (χ2v) is 3.11. The molecule has 0 aromatic heterocycles. The highest BCUT2D eigenvalue weighted by Gasteiger charge is 2.03. The van der Waals surface area contributed by atoms with E-state index in [4.69, 9.17) is 0 Å². The number of hydrogen-bond acceptors (Lipinski definition) is 1. The van der Waals surface area contributed by atoms with E-state index in [9.17, 15) is 4.39 Å². The van der Waals surface area contributed by atoms with Crippen molar-refractivity contribution in [2.75, 3.05) is 18.0 Å². The minimum Gasteiger partial charge on any atom is -0.372 e. The highest BCUT2D eigenvalue weighted by Crippen LogP contribution is 2.17. The molecule has 0 saturated heterocycles. The summed E-state index contributed by atoms with van der Waals surface area (Å²) < 4.78 is 13.2. The van der Waals surface area contributed by atoms with E-state index in [1.165, 1.54) is 0 Å². The number of halogens is 1. The van der Waals surface area contributed by atoms with Crippen molar-refractivity contribution in [1.82, 2.24) is 0 Å². The van der Waals surface area contributed by atoms with Gasteiger partial charge in [0.25, 0.3) is 0 Å². The van der Waals surface area contributed by atoms with Crippen molar-refractivity contribution < 1.29 is 4.39 Å². The van der Waals surface area contributed by atoms with Crippen molar-refractivity contribution in [2.24, 2.45) is 0 Å². The summed E-state index contributed by atoms with van der Waals surface area (Å²) in [4.78, 5) is 2.13. The minimum atomic E-state index is -0.121. The molecule has 0 amide bonds. The molecule has 2 heteroatoms. The zero-order valence-electron chi connectivity index (χ0n) is 8.47. The monoisotopic (exact) mass is 181 g/mol. The van der Waals surface area contributed by atoms with Crippen LogP contribution >= 0.6 is 0 Å². The minimum absolute atomic E-state index is 0.121. The first-order valence-corrected chi connectivity index (χ1v) is 4.70. The van der Waals surface area contributed by atoms with Gasteiger partial charge in [-0.25, -0.2) is 4.39 Å². The van der Waals surface area contributed by atoms with E-state index in [2.05, 4.69) is 18.7 Å². The normalized spacial score (nSPS) is 10.2. The average molecular weight is 181 g/mol. The molecule has 1 aromatic carbocycles. The number of rotatable bonds is 3. The van der Waals surface area contributed by atoms with Gasteiger partial charge in [0.1, 0.15) is 5.82 Å². The van der Waals surface area contributed by atoms with Crippen LogP contribution in [0.4, 0.5) is 10.1 Å². The lowest BCUT2D eigenvalue weighted by atomic mass is 10.2. The van der Waals surface area contributed by atoms with Crippen LogP contribution < -0.4 is 4.90 Å². The first kappa shape index (κ1) is 10.0. The summed E-state index contributed by atoms with van der Waals surface area (Å²) in [5.74, 6) is -0.121. The van der Waals surface area contributed by atoms with E-state index in [1.807, 2.05) is 12.1 Å². The fourth-order valence-electron chi connectivity index (χ4n) is 1.37. The van der Waals surface area contributed by atoms with E-state index in [-0.39, 0.29) is 5.82 Å². The van der Waals surface area contributed by atoms with Crippen LogP contribution in [0.5, 0.6) is 0 Å². The Morgan fingerprint density at radius 3 is 2.31 bits per heavy atom. The van der Waals surface area contributed by atoms with Gasteiger partial charge in [-0.1, -0.05) is 6.07 Å². The standard InChI is InChI=1S/C11H16FN/c1-4-13(5-2)10-7-6-9(3)11(12)8-10/h6-8H,4-5H2,1-3H3. The number of nitrogens with zero attached hydrogens (tertiary/aromatic N) is 1. The molecule has 1 rings (SSSR count). The summed E-state index contributed by atoms with van der Waals surface area (Å²) in [5, 5.41) is 0. The lowest BCUT2D eigenvalue weighted by Gasteiger charge is -2.21. The van der Waals surface area contributed by atoms with Gasteiger partial charge in [-0.3, -0.25) is 0 Å². The van der Waals surface area contributed by atoms with Gasteiger partial charge in [-0.15, -0.1) is 0 Å². The molecule has 1 nitrogen and oxygen atoms in total. The second kappa shape index (κ2) is 4.26. The maximum absolute atomic E-state index is 13.2. The molecule has 72 valence electrons. The SMILES string of the molecule is CCN(CC)c1ccc(C)c(F)c1. The summed E-state index contributed by atoms with van der Waals surface area (Å²) >= 11 is 0. The Hall–Kier alpha value is -1.05. The molecule has 0 fully saturated rings. The Balaban J connectivity index is 2.95. The predicted molar refractivity (Wildman–Crippen MR) is 54.7 cm³/mol. The molecule has 1 aromatic rings. The van der Waals surface area contributed by atoms with Crippen LogP contribution in [0.15, 0.2) is 18.2 Å².